The third-order valence-electron chi connectivity index (χ3n) is 7.93. The molecule has 5 aliphatic rings. The van der Waals surface area contributed by atoms with Crippen LogP contribution in [0.4, 0.5) is 0 Å². The van der Waals surface area contributed by atoms with Gasteiger partial charge in [-0.05, 0) is 68.6 Å². The van der Waals surface area contributed by atoms with Crippen molar-refractivity contribution >= 4 is 5.91 Å². The summed E-state index contributed by atoms with van der Waals surface area (Å²) in [4.78, 5) is 17.7. The molecule has 6 rings (SSSR count). The molecule has 1 amide bonds. The van der Waals surface area contributed by atoms with E-state index in [9.17, 15) is 4.79 Å². The minimum atomic E-state index is 0.371. The average Bonchev–Trinajstić information content (AvgIpc) is 2.91. The monoisotopic (exact) mass is 370 g/mol. The van der Waals surface area contributed by atoms with Crippen molar-refractivity contribution in [3.63, 3.8) is 0 Å². The number of nitrogens with zero attached hydrogens (tertiary/aromatic N) is 4. The van der Waals surface area contributed by atoms with Gasteiger partial charge in [0.2, 0.25) is 5.91 Å². The van der Waals surface area contributed by atoms with Gasteiger partial charge in [-0.15, -0.1) is 0 Å². The van der Waals surface area contributed by atoms with E-state index >= 15 is 0 Å². The predicted octanol–water partition coefficient (Wildman–Crippen LogP) is 2.98. The molecule has 1 aromatic rings. The quantitative estimate of drug-likeness (QED) is 0.818. The topological polar surface area (TPSA) is 41.4 Å². The third-order valence-corrected chi connectivity index (χ3v) is 7.93. The minimum Gasteiger partial charge on any atom is -0.340 e. The molecule has 0 radical (unpaired) electrons. The molecule has 0 unspecified atom stereocenters. The number of aryl methyl sites for hydroxylation is 2. The van der Waals surface area contributed by atoms with Crippen molar-refractivity contribution in [1.29, 1.82) is 0 Å². The number of aromatic nitrogens is 2. The molecule has 5 nitrogen and oxygen atoms in total. The Kier molecular flexibility index (Phi) is 4.34. The minimum absolute atomic E-state index is 0.371. The molecular formula is C22H34N4O. The second-order valence-corrected chi connectivity index (χ2v) is 10.2. The zero-order valence-electron chi connectivity index (χ0n) is 17.0. The highest BCUT2D eigenvalue weighted by molar-refractivity contribution is 5.77. The van der Waals surface area contributed by atoms with Gasteiger partial charge in [-0.1, -0.05) is 0 Å². The predicted molar refractivity (Wildman–Crippen MR) is 105 cm³/mol. The molecule has 5 heteroatoms. The number of rotatable bonds is 4. The summed E-state index contributed by atoms with van der Waals surface area (Å²) in [5, 5.41) is 4.45. The summed E-state index contributed by atoms with van der Waals surface area (Å²) in [5.74, 6) is 3.24. The number of hydrogen-bond acceptors (Lipinski definition) is 3. The average molecular weight is 371 g/mol. The molecule has 0 aromatic carbocycles. The Labute approximate surface area is 163 Å². The largest absolute Gasteiger partial charge is 0.340 e. The molecule has 27 heavy (non-hydrogen) atoms. The fourth-order valence-corrected chi connectivity index (χ4v) is 7.14. The SMILES string of the molecule is Cc1nn(C)cc1CN1CCN(C(=O)CC23CC4CC(CC(C4)C2)C3)CC1. The summed E-state index contributed by atoms with van der Waals surface area (Å²) in [6.45, 7) is 6.80. The summed E-state index contributed by atoms with van der Waals surface area (Å²) in [7, 11) is 1.98. The van der Waals surface area contributed by atoms with E-state index in [-0.39, 0.29) is 0 Å². The summed E-state index contributed by atoms with van der Waals surface area (Å²) in [6.07, 6.45) is 11.3. The Morgan fingerprint density at radius 3 is 2.19 bits per heavy atom. The molecule has 4 saturated carbocycles. The number of piperazine rings is 1. The fourth-order valence-electron chi connectivity index (χ4n) is 7.14. The van der Waals surface area contributed by atoms with Crippen LogP contribution in [0.1, 0.15) is 56.2 Å². The first kappa shape index (κ1) is 17.7. The van der Waals surface area contributed by atoms with Crippen molar-refractivity contribution in [3.05, 3.63) is 17.5 Å². The van der Waals surface area contributed by atoms with Gasteiger partial charge in [0.1, 0.15) is 0 Å². The lowest BCUT2D eigenvalue weighted by Gasteiger charge is -2.57. The van der Waals surface area contributed by atoms with Gasteiger partial charge >= 0.3 is 0 Å². The van der Waals surface area contributed by atoms with Gasteiger partial charge in [0, 0.05) is 58.0 Å². The zero-order valence-corrected chi connectivity index (χ0v) is 17.0. The van der Waals surface area contributed by atoms with Crippen molar-refractivity contribution < 1.29 is 4.79 Å². The first-order chi connectivity index (χ1) is 13.0. The van der Waals surface area contributed by atoms with Gasteiger partial charge in [-0.25, -0.2) is 0 Å². The first-order valence-corrected chi connectivity index (χ1v) is 11.0. The van der Waals surface area contributed by atoms with Gasteiger partial charge < -0.3 is 4.90 Å². The Bertz CT molecular complexity index is 681. The molecule has 4 aliphatic carbocycles. The number of hydrogen-bond donors (Lipinski definition) is 0. The van der Waals surface area contributed by atoms with E-state index in [1.54, 1.807) is 0 Å². The van der Waals surface area contributed by atoms with Crippen molar-refractivity contribution in [1.82, 2.24) is 19.6 Å². The molecule has 0 atom stereocenters. The molecule has 148 valence electrons. The van der Waals surface area contributed by atoms with Gasteiger partial charge in [0.05, 0.1) is 5.69 Å². The standard InChI is InChI=1S/C22H34N4O/c1-16-20(14-24(2)23-16)15-25-3-5-26(6-4-25)21(27)13-22-10-17-7-18(11-22)9-19(8-17)12-22/h14,17-19H,3-13,15H2,1-2H3. The lowest BCUT2D eigenvalue weighted by molar-refractivity contribution is -0.141. The Morgan fingerprint density at radius 1 is 1.07 bits per heavy atom. The van der Waals surface area contributed by atoms with Crippen molar-refractivity contribution in [2.75, 3.05) is 26.2 Å². The van der Waals surface area contributed by atoms with E-state index in [4.69, 9.17) is 0 Å². The molecule has 0 spiro atoms. The smallest absolute Gasteiger partial charge is 0.223 e. The second-order valence-electron chi connectivity index (χ2n) is 10.2. The highest BCUT2D eigenvalue weighted by atomic mass is 16.2. The number of carbonyl (C=O) groups is 1. The van der Waals surface area contributed by atoms with Crippen LogP contribution in [0.5, 0.6) is 0 Å². The van der Waals surface area contributed by atoms with E-state index in [1.165, 1.54) is 44.1 Å². The highest BCUT2D eigenvalue weighted by Gasteiger charge is 2.51. The molecule has 1 saturated heterocycles. The maximum Gasteiger partial charge on any atom is 0.223 e. The van der Waals surface area contributed by atoms with E-state index < -0.39 is 0 Å². The lowest BCUT2D eigenvalue weighted by Crippen LogP contribution is -2.52. The summed E-state index contributed by atoms with van der Waals surface area (Å²) < 4.78 is 1.90. The lowest BCUT2D eigenvalue weighted by atomic mass is 9.49. The Morgan fingerprint density at radius 2 is 1.67 bits per heavy atom. The van der Waals surface area contributed by atoms with Gasteiger partial charge in [0.15, 0.2) is 0 Å². The van der Waals surface area contributed by atoms with Gasteiger partial charge in [0.25, 0.3) is 0 Å². The fraction of sp³-hybridized carbons (Fsp3) is 0.818. The molecule has 1 aliphatic heterocycles. The van der Waals surface area contributed by atoms with Crippen LogP contribution >= 0.6 is 0 Å². The summed E-state index contributed by atoms with van der Waals surface area (Å²) in [6, 6.07) is 0. The molecular weight excluding hydrogens is 336 g/mol. The Balaban J connectivity index is 1.15. The maximum atomic E-state index is 13.1. The van der Waals surface area contributed by atoms with Crippen LogP contribution in [0.25, 0.3) is 0 Å². The molecule has 4 bridgehead atoms. The van der Waals surface area contributed by atoms with Crippen LogP contribution in [0.15, 0.2) is 6.20 Å². The zero-order chi connectivity index (χ0) is 18.6. The van der Waals surface area contributed by atoms with E-state index in [1.807, 2.05) is 11.7 Å². The maximum absolute atomic E-state index is 13.1. The van der Waals surface area contributed by atoms with Crippen LogP contribution in [-0.4, -0.2) is 51.7 Å². The van der Waals surface area contributed by atoms with Crippen LogP contribution in [-0.2, 0) is 18.4 Å². The van der Waals surface area contributed by atoms with Crippen molar-refractivity contribution in [2.45, 2.75) is 58.4 Å². The third kappa shape index (κ3) is 3.43. The molecule has 0 N–H and O–H groups in total. The Hall–Kier alpha value is -1.36. The molecule has 1 aromatic heterocycles. The number of carbonyl (C=O) groups excluding carboxylic acids is 1. The van der Waals surface area contributed by atoms with E-state index in [2.05, 4.69) is 28.0 Å². The van der Waals surface area contributed by atoms with Crippen LogP contribution in [0.3, 0.4) is 0 Å². The van der Waals surface area contributed by atoms with Crippen LogP contribution < -0.4 is 0 Å². The van der Waals surface area contributed by atoms with Crippen LogP contribution in [0.2, 0.25) is 0 Å². The van der Waals surface area contributed by atoms with Crippen molar-refractivity contribution in [2.24, 2.45) is 30.2 Å². The van der Waals surface area contributed by atoms with Crippen molar-refractivity contribution in [3.8, 4) is 0 Å². The second kappa shape index (κ2) is 6.61. The summed E-state index contributed by atoms with van der Waals surface area (Å²) in [5.41, 5.74) is 2.80. The summed E-state index contributed by atoms with van der Waals surface area (Å²) >= 11 is 0. The normalized spacial score (nSPS) is 35.8. The number of amides is 1. The first-order valence-electron chi connectivity index (χ1n) is 11.0. The van der Waals surface area contributed by atoms with Gasteiger partial charge in [-0.2, -0.15) is 5.10 Å². The highest BCUT2D eigenvalue weighted by Crippen LogP contribution is 2.61. The molecule has 2 heterocycles. The van der Waals surface area contributed by atoms with Crippen LogP contribution in [0, 0.1) is 30.1 Å². The molecule has 5 fully saturated rings. The van der Waals surface area contributed by atoms with Gasteiger partial charge in [-0.3, -0.25) is 14.4 Å². The van der Waals surface area contributed by atoms with E-state index in [0.29, 0.717) is 11.3 Å². The van der Waals surface area contributed by atoms with E-state index in [0.717, 1.165) is 62.6 Å².